The van der Waals surface area contributed by atoms with Gasteiger partial charge in [-0.2, -0.15) is 0 Å². The van der Waals surface area contributed by atoms with Gasteiger partial charge in [0.05, 0.1) is 0 Å². The van der Waals surface area contributed by atoms with Gasteiger partial charge in [0.2, 0.25) is 0 Å². The van der Waals surface area contributed by atoms with Crippen molar-refractivity contribution in [2.45, 2.75) is 44.8 Å². The molecule has 1 unspecified atom stereocenters. The number of rotatable bonds is 8. The summed E-state index contributed by atoms with van der Waals surface area (Å²) in [5.74, 6) is 1.84. The van der Waals surface area contributed by atoms with Gasteiger partial charge >= 0.3 is 0 Å². The maximum Gasteiger partial charge on any atom is 0.190 e. The highest BCUT2D eigenvalue weighted by molar-refractivity contribution is 7.99. The van der Waals surface area contributed by atoms with Crippen LogP contribution < -0.4 is 5.32 Å². The fourth-order valence-corrected chi connectivity index (χ4v) is 2.29. The molecule has 0 saturated carbocycles. The monoisotopic (exact) mass is 256 g/mol. The molecule has 4 nitrogen and oxygen atoms in total. The standard InChI is InChI=1S/C12H24N4S/c1-10(2)5-6-11(3)13-7-8-17-12-15-14-9-16(12)4/h9-11,13H,5-8H2,1-4H3. The topological polar surface area (TPSA) is 42.7 Å². The largest absolute Gasteiger partial charge is 0.313 e. The molecule has 5 heteroatoms. The van der Waals surface area contributed by atoms with Crippen molar-refractivity contribution in [2.24, 2.45) is 13.0 Å². The quantitative estimate of drug-likeness (QED) is 0.572. The lowest BCUT2D eigenvalue weighted by molar-refractivity contribution is 0.460. The predicted octanol–water partition coefficient (Wildman–Crippen LogP) is 2.32. The van der Waals surface area contributed by atoms with Gasteiger partial charge in [-0.1, -0.05) is 25.6 Å². The van der Waals surface area contributed by atoms with Crippen molar-refractivity contribution in [3.63, 3.8) is 0 Å². The van der Waals surface area contributed by atoms with E-state index in [0.29, 0.717) is 6.04 Å². The van der Waals surface area contributed by atoms with Gasteiger partial charge in [0, 0.05) is 25.4 Å². The van der Waals surface area contributed by atoms with E-state index >= 15 is 0 Å². The van der Waals surface area contributed by atoms with Gasteiger partial charge in [0.25, 0.3) is 0 Å². The molecule has 0 amide bonds. The summed E-state index contributed by atoms with van der Waals surface area (Å²) >= 11 is 1.75. The van der Waals surface area contributed by atoms with E-state index in [0.717, 1.165) is 23.4 Å². The predicted molar refractivity (Wildman–Crippen MR) is 73.3 cm³/mol. The highest BCUT2D eigenvalue weighted by Gasteiger charge is 2.04. The second-order valence-electron chi connectivity index (χ2n) is 4.90. The Morgan fingerprint density at radius 2 is 2.12 bits per heavy atom. The molecule has 0 spiro atoms. The summed E-state index contributed by atoms with van der Waals surface area (Å²) in [6.45, 7) is 7.83. The van der Waals surface area contributed by atoms with E-state index in [2.05, 4.69) is 36.3 Å². The Bertz CT molecular complexity index is 311. The molecule has 1 heterocycles. The van der Waals surface area contributed by atoms with Crippen LogP contribution in [0.4, 0.5) is 0 Å². The molecular weight excluding hydrogens is 232 g/mol. The maximum atomic E-state index is 4.04. The molecule has 17 heavy (non-hydrogen) atoms. The van der Waals surface area contributed by atoms with E-state index in [1.165, 1.54) is 12.8 Å². The third kappa shape index (κ3) is 6.07. The average molecular weight is 256 g/mol. The minimum absolute atomic E-state index is 0.609. The Morgan fingerprint density at radius 3 is 2.71 bits per heavy atom. The zero-order valence-electron chi connectivity index (χ0n) is 11.3. The molecular formula is C12H24N4S. The van der Waals surface area contributed by atoms with Crippen LogP contribution in [0.5, 0.6) is 0 Å². The van der Waals surface area contributed by atoms with Crippen LogP contribution in [0.25, 0.3) is 0 Å². The second kappa shape index (κ2) is 7.71. The zero-order valence-corrected chi connectivity index (χ0v) is 12.1. The van der Waals surface area contributed by atoms with Gasteiger partial charge in [-0.3, -0.25) is 0 Å². The molecule has 1 aromatic heterocycles. The van der Waals surface area contributed by atoms with Crippen LogP contribution in [0, 0.1) is 5.92 Å². The number of aromatic nitrogens is 3. The van der Waals surface area contributed by atoms with Crippen LogP contribution >= 0.6 is 11.8 Å². The second-order valence-corrected chi connectivity index (χ2v) is 5.96. The van der Waals surface area contributed by atoms with E-state index in [1.54, 1.807) is 18.1 Å². The molecule has 0 aliphatic rings. The van der Waals surface area contributed by atoms with Gasteiger partial charge < -0.3 is 9.88 Å². The van der Waals surface area contributed by atoms with Crippen LogP contribution in [0.1, 0.15) is 33.6 Å². The summed E-state index contributed by atoms with van der Waals surface area (Å²) in [5, 5.41) is 12.4. The van der Waals surface area contributed by atoms with Crippen molar-refractivity contribution in [1.82, 2.24) is 20.1 Å². The molecule has 0 aromatic carbocycles. The number of nitrogens with one attached hydrogen (secondary N) is 1. The molecule has 1 rings (SSSR count). The molecule has 0 aliphatic heterocycles. The highest BCUT2D eigenvalue weighted by atomic mass is 32.2. The minimum atomic E-state index is 0.609. The average Bonchev–Trinajstić information content (AvgIpc) is 2.68. The maximum absolute atomic E-state index is 4.04. The molecule has 0 fully saturated rings. The highest BCUT2D eigenvalue weighted by Crippen LogP contribution is 2.12. The number of aryl methyl sites for hydroxylation is 1. The Kier molecular flexibility index (Phi) is 6.58. The molecule has 0 radical (unpaired) electrons. The fourth-order valence-electron chi connectivity index (χ4n) is 1.54. The van der Waals surface area contributed by atoms with Crippen LogP contribution in [-0.4, -0.2) is 33.1 Å². The summed E-state index contributed by atoms with van der Waals surface area (Å²) in [4.78, 5) is 0. The molecule has 98 valence electrons. The Labute approximate surface area is 109 Å². The summed E-state index contributed by atoms with van der Waals surface area (Å²) in [7, 11) is 1.97. The van der Waals surface area contributed by atoms with Gasteiger partial charge in [0.1, 0.15) is 6.33 Å². The van der Waals surface area contributed by atoms with Gasteiger partial charge in [-0.05, 0) is 25.7 Å². The SMILES string of the molecule is CC(C)CCC(C)NCCSc1nncn1C. The van der Waals surface area contributed by atoms with Crippen LogP contribution in [0.15, 0.2) is 11.5 Å². The first-order valence-corrected chi connectivity index (χ1v) is 7.28. The van der Waals surface area contributed by atoms with Crippen LogP contribution in [0.3, 0.4) is 0 Å². The first-order valence-electron chi connectivity index (χ1n) is 6.29. The molecule has 1 aromatic rings. The lowest BCUT2D eigenvalue weighted by atomic mass is 10.0. The van der Waals surface area contributed by atoms with E-state index in [4.69, 9.17) is 0 Å². The lowest BCUT2D eigenvalue weighted by Gasteiger charge is -2.14. The van der Waals surface area contributed by atoms with Crippen molar-refractivity contribution in [3.05, 3.63) is 6.33 Å². The number of nitrogens with zero attached hydrogens (tertiary/aromatic N) is 3. The molecule has 0 aliphatic carbocycles. The molecule has 1 N–H and O–H groups in total. The van der Waals surface area contributed by atoms with E-state index in [1.807, 2.05) is 11.6 Å². The number of hydrogen-bond donors (Lipinski definition) is 1. The Balaban J connectivity index is 2.06. The first kappa shape index (κ1) is 14.5. The zero-order chi connectivity index (χ0) is 12.7. The van der Waals surface area contributed by atoms with Gasteiger partial charge in [-0.25, -0.2) is 0 Å². The van der Waals surface area contributed by atoms with Crippen LogP contribution in [0.2, 0.25) is 0 Å². The lowest BCUT2D eigenvalue weighted by Crippen LogP contribution is -2.28. The first-order chi connectivity index (χ1) is 8.09. The molecule has 1 atom stereocenters. The normalized spacial score (nSPS) is 13.2. The van der Waals surface area contributed by atoms with Crippen molar-refractivity contribution >= 4 is 11.8 Å². The van der Waals surface area contributed by atoms with Crippen molar-refractivity contribution in [3.8, 4) is 0 Å². The van der Waals surface area contributed by atoms with Crippen molar-refractivity contribution in [2.75, 3.05) is 12.3 Å². The summed E-state index contributed by atoms with van der Waals surface area (Å²) in [5.41, 5.74) is 0. The van der Waals surface area contributed by atoms with Crippen molar-refractivity contribution in [1.29, 1.82) is 0 Å². The Morgan fingerprint density at radius 1 is 1.35 bits per heavy atom. The summed E-state index contributed by atoms with van der Waals surface area (Å²) in [6, 6.07) is 0.609. The number of thioether (sulfide) groups is 1. The van der Waals surface area contributed by atoms with E-state index in [9.17, 15) is 0 Å². The summed E-state index contributed by atoms with van der Waals surface area (Å²) < 4.78 is 1.95. The Hall–Kier alpha value is -0.550. The molecule has 0 saturated heterocycles. The smallest absolute Gasteiger partial charge is 0.190 e. The molecule has 0 bridgehead atoms. The van der Waals surface area contributed by atoms with Crippen LogP contribution in [-0.2, 0) is 7.05 Å². The van der Waals surface area contributed by atoms with Crippen molar-refractivity contribution < 1.29 is 0 Å². The van der Waals surface area contributed by atoms with E-state index in [-0.39, 0.29) is 0 Å². The fraction of sp³-hybridized carbons (Fsp3) is 0.833. The third-order valence-corrected chi connectivity index (χ3v) is 3.71. The third-order valence-electron chi connectivity index (χ3n) is 2.67. The summed E-state index contributed by atoms with van der Waals surface area (Å²) in [6.07, 6.45) is 4.29. The minimum Gasteiger partial charge on any atom is -0.313 e. The number of hydrogen-bond acceptors (Lipinski definition) is 4. The van der Waals surface area contributed by atoms with E-state index < -0.39 is 0 Å². The van der Waals surface area contributed by atoms with Gasteiger partial charge in [-0.15, -0.1) is 10.2 Å². The van der Waals surface area contributed by atoms with Gasteiger partial charge in [0.15, 0.2) is 5.16 Å².